The first-order valence-corrected chi connectivity index (χ1v) is 6.59. The van der Waals surface area contributed by atoms with E-state index in [-0.39, 0.29) is 17.7 Å². The second-order valence-corrected chi connectivity index (χ2v) is 5.68. The first kappa shape index (κ1) is 12.4. The maximum absolute atomic E-state index is 12.1. The van der Waals surface area contributed by atoms with E-state index >= 15 is 0 Å². The van der Waals surface area contributed by atoms with Crippen molar-refractivity contribution in [3.8, 4) is 0 Å². The van der Waals surface area contributed by atoms with Crippen molar-refractivity contribution in [1.29, 1.82) is 0 Å². The Bertz CT molecular complexity index is 336. The van der Waals surface area contributed by atoms with E-state index in [1.807, 2.05) is 6.92 Å². The molecule has 2 aliphatic rings. The van der Waals surface area contributed by atoms with Crippen LogP contribution in [0.15, 0.2) is 0 Å². The Hall–Kier alpha value is -1.06. The number of hydrogen-bond acceptors (Lipinski definition) is 2. The highest BCUT2D eigenvalue weighted by Crippen LogP contribution is 2.56. The molecule has 0 heterocycles. The van der Waals surface area contributed by atoms with Gasteiger partial charge < -0.3 is 11.1 Å². The Morgan fingerprint density at radius 3 is 2.41 bits per heavy atom. The maximum atomic E-state index is 12.1. The molecule has 0 spiro atoms. The fourth-order valence-electron chi connectivity index (χ4n) is 2.81. The molecule has 2 saturated carbocycles. The van der Waals surface area contributed by atoms with Crippen LogP contribution in [-0.2, 0) is 9.59 Å². The Morgan fingerprint density at radius 2 is 2.06 bits per heavy atom. The van der Waals surface area contributed by atoms with Crippen molar-refractivity contribution in [3.63, 3.8) is 0 Å². The van der Waals surface area contributed by atoms with E-state index in [2.05, 4.69) is 12.2 Å². The zero-order chi connectivity index (χ0) is 12.6. The molecule has 96 valence electrons. The van der Waals surface area contributed by atoms with E-state index in [1.165, 1.54) is 6.42 Å². The van der Waals surface area contributed by atoms with Gasteiger partial charge in [0, 0.05) is 6.54 Å². The van der Waals surface area contributed by atoms with Crippen LogP contribution in [0.25, 0.3) is 0 Å². The van der Waals surface area contributed by atoms with Crippen LogP contribution in [0.4, 0.5) is 0 Å². The lowest BCUT2D eigenvalue weighted by Gasteiger charge is -2.23. The van der Waals surface area contributed by atoms with Crippen LogP contribution in [0.5, 0.6) is 0 Å². The van der Waals surface area contributed by atoms with Crippen molar-refractivity contribution in [2.75, 3.05) is 6.54 Å². The van der Waals surface area contributed by atoms with Crippen molar-refractivity contribution in [2.24, 2.45) is 28.9 Å². The van der Waals surface area contributed by atoms with E-state index in [9.17, 15) is 9.59 Å². The summed E-state index contributed by atoms with van der Waals surface area (Å²) in [5.74, 6) is 0.842. The van der Waals surface area contributed by atoms with Crippen molar-refractivity contribution >= 4 is 11.8 Å². The van der Waals surface area contributed by atoms with Gasteiger partial charge >= 0.3 is 0 Å². The lowest BCUT2D eigenvalue weighted by atomic mass is 9.83. The van der Waals surface area contributed by atoms with Gasteiger partial charge in [0.1, 0.15) is 0 Å². The molecular formula is C13H22N2O2. The van der Waals surface area contributed by atoms with Gasteiger partial charge in [-0.05, 0) is 44.4 Å². The second kappa shape index (κ2) is 4.31. The second-order valence-electron chi connectivity index (χ2n) is 5.68. The topological polar surface area (TPSA) is 72.2 Å². The number of amides is 2. The van der Waals surface area contributed by atoms with Crippen molar-refractivity contribution in [3.05, 3.63) is 0 Å². The zero-order valence-corrected chi connectivity index (χ0v) is 10.7. The molecular weight excluding hydrogens is 216 g/mol. The summed E-state index contributed by atoms with van der Waals surface area (Å²) in [5, 5.41) is 2.85. The van der Waals surface area contributed by atoms with Crippen molar-refractivity contribution in [2.45, 2.75) is 39.5 Å². The summed E-state index contributed by atoms with van der Waals surface area (Å²) in [7, 11) is 0. The lowest BCUT2D eigenvalue weighted by molar-refractivity contribution is -0.135. The highest BCUT2D eigenvalue weighted by Gasteiger charge is 2.58. The Balaban J connectivity index is 2.07. The van der Waals surface area contributed by atoms with Gasteiger partial charge in [0.05, 0.1) is 11.3 Å². The van der Waals surface area contributed by atoms with Gasteiger partial charge in [-0.15, -0.1) is 0 Å². The molecule has 0 saturated heterocycles. The number of carbonyl (C=O) groups is 2. The third kappa shape index (κ3) is 2.31. The molecule has 2 fully saturated rings. The van der Waals surface area contributed by atoms with Crippen molar-refractivity contribution in [1.82, 2.24) is 5.32 Å². The Labute approximate surface area is 102 Å². The minimum absolute atomic E-state index is 0.0166. The van der Waals surface area contributed by atoms with Gasteiger partial charge in [0.15, 0.2) is 0 Å². The third-order valence-corrected chi connectivity index (χ3v) is 4.43. The predicted octanol–water partition coefficient (Wildman–Crippen LogP) is 1.05. The zero-order valence-electron chi connectivity index (χ0n) is 10.7. The van der Waals surface area contributed by atoms with Crippen LogP contribution < -0.4 is 11.1 Å². The van der Waals surface area contributed by atoms with Crippen molar-refractivity contribution < 1.29 is 9.59 Å². The van der Waals surface area contributed by atoms with Crippen LogP contribution in [0.1, 0.15) is 39.5 Å². The summed E-state index contributed by atoms with van der Waals surface area (Å²) in [6, 6.07) is 0. The molecule has 0 aromatic rings. The molecule has 3 N–H and O–H groups in total. The molecule has 0 aromatic heterocycles. The quantitative estimate of drug-likeness (QED) is 0.726. The van der Waals surface area contributed by atoms with Gasteiger partial charge in [-0.1, -0.05) is 6.92 Å². The standard InChI is InChI=1S/C13H22N2O2/c1-3-15-11(16)10(7-9-6-8(9)2)13(4-5-13)12(14)17/h8-10H,3-7H2,1-2H3,(H2,14,17)(H,15,16). The van der Waals surface area contributed by atoms with E-state index in [0.29, 0.717) is 18.4 Å². The average Bonchev–Trinajstić information content (AvgIpc) is 3.12. The molecule has 4 nitrogen and oxygen atoms in total. The highest BCUT2D eigenvalue weighted by atomic mass is 16.2. The van der Waals surface area contributed by atoms with Gasteiger partial charge in [-0.25, -0.2) is 0 Å². The molecule has 2 rings (SSSR count). The van der Waals surface area contributed by atoms with Gasteiger partial charge in [0.25, 0.3) is 0 Å². The molecule has 0 aliphatic heterocycles. The molecule has 2 amide bonds. The van der Waals surface area contributed by atoms with E-state index in [0.717, 1.165) is 19.3 Å². The normalized spacial score (nSPS) is 30.5. The molecule has 4 heteroatoms. The first-order valence-electron chi connectivity index (χ1n) is 6.59. The van der Waals surface area contributed by atoms with E-state index in [1.54, 1.807) is 0 Å². The maximum Gasteiger partial charge on any atom is 0.224 e. The minimum atomic E-state index is -0.526. The van der Waals surface area contributed by atoms with E-state index < -0.39 is 5.41 Å². The minimum Gasteiger partial charge on any atom is -0.369 e. The number of rotatable bonds is 6. The predicted molar refractivity (Wildman–Crippen MR) is 64.9 cm³/mol. The summed E-state index contributed by atoms with van der Waals surface area (Å²) in [6.45, 7) is 4.71. The van der Waals surface area contributed by atoms with Gasteiger partial charge in [-0.3, -0.25) is 9.59 Å². The summed E-state index contributed by atoms with van der Waals surface area (Å²) in [6.07, 6.45) is 3.58. The SMILES string of the molecule is CCNC(=O)C(CC1CC1C)C1(C(N)=O)CC1. The summed E-state index contributed by atoms with van der Waals surface area (Å²) >= 11 is 0. The Kier molecular flexibility index (Phi) is 3.15. The monoisotopic (exact) mass is 238 g/mol. The molecule has 0 aromatic carbocycles. The van der Waals surface area contributed by atoms with Gasteiger partial charge in [-0.2, -0.15) is 0 Å². The van der Waals surface area contributed by atoms with Crippen LogP contribution in [0, 0.1) is 23.2 Å². The smallest absolute Gasteiger partial charge is 0.224 e. The molecule has 3 unspecified atom stereocenters. The fourth-order valence-corrected chi connectivity index (χ4v) is 2.81. The molecule has 2 aliphatic carbocycles. The van der Waals surface area contributed by atoms with Crippen LogP contribution in [-0.4, -0.2) is 18.4 Å². The number of hydrogen-bond donors (Lipinski definition) is 2. The lowest BCUT2D eigenvalue weighted by Crippen LogP contribution is -2.42. The average molecular weight is 238 g/mol. The summed E-state index contributed by atoms with van der Waals surface area (Å²) < 4.78 is 0. The summed E-state index contributed by atoms with van der Waals surface area (Å²) in [5.41, 5.74) is 4.95. The first-order chi connectivity index (χ1) is 8.01. The van der Waals surface area contributed by atoms with Crippen LogP contribution in [0.2, 0.25) is 0 Å². The largest absolute Gasteiger partial charge is 0.369 e. The number of nitrogens with two attached hydrogens (primary N) is 1. The van der Waals surface area contributed by atoms with Crippen LogP contribution in [0.3, 0.4) is 0 Å². The molecule has 0 bridgehead atoms. The van der Waals surface area contributed by atoms with Crippen LogP contribution >= 0.6 is 0 Å². The molecule has 17 heavy (non-hydrogen) atoms. The molecule has 0 radical (unpaired) electrons. The Morgan fingerprint density at radius 1 is 1.47 bits per heavy atom. The highest BCUT2D eigenvalue weighted by molar-refractivity contribution is 5.92. The third-order valence-electron chi connectivity index (χ3n) is 4.43. The number of primary amides is 1. The molecule has 3 atom stereocenters. The number of carbonyl (C=O) groups excluding carboxylic acids is 2. The fraction of sp³-hybridized carbons (Fsp3) is 0.846. The summed E-state index contributed by atoms with van der Waals surface area (Å²) in [4.78, 5) is 23.6. The number of nitrogens with one attached hydrogen (secondary N) is 1. The van der Waals surface area contributed by atoms with E-state index in [4.69, 9.17) is 5.73 Å². The van der Waals surface area contributed by atoms with Gasteiger partial charge in [0.2, 0.25) is 11.8 Å².